The van der Waals surface area contributed by atoms with Crippen LogP contribution in [0.15, 0.2) is 30.5 Å². The summed E-state index contributed by atoms with van der Waals surface area (Å²) in [4.78, 5) is 21.1. The van der Waals surface area contributed by atoms with Crippen LogP contribution in [0.4, 0.5) is 5.82 Å². The molecule has 2 heterocycles. The van der Waals surface area contributed by atoms with E-state index in [1.807, 2.05) is 31.3 Å². The third kappa shape index (κ3) is 1.95. The highest BCUT2D eigenvalue weighted by molar-refractivity contribution is 6.18. The molecule has 2 aromatic rings. The number of para-hydroxylation sites is 2. The summed E-state index contributed by atoms with van der Waals surface area (Å²) >= 11 is 0. The molecular weight excluding hydrogens is 256 g/mol. The Labute approximate surface area is 116 Å². The van der Waals surface area contributed by atoms with Crippen molar-refractivity contribution < 1.29 is 9.53 Å². The van der Waals surface area contributed by atoms with E-state index in [1.54, 1.807) is 18.1 Å². The fraction of sp³-hybridized carbons (Fsp3) is 0.214. The molecule has 0 unspecified atom stereocenters. The van der Waals surface area contributed by atoms with Crippen LogP contribution < -0.4 is 10.4 Å². The number of benzene rings is 1. The SMILES string of the molecule is CCOC(=O)C1=CNN(C)c2nc3ccccc3nc21. The summed E-state index contributed by atoms with van der Waals surface area (Å²) in [5.41, 5.74) is 5.41. The van der Waals surface area contributed by atoms with E-state index in [-0.39, 0.29) is 0 Å². The molecule has 0 radical (unpaired) electrons. The molecule has 1 aliphatic heterocycles. The first-order chi connectivity index (χ1) is 9.70. The van der Waals surface area contributed by atoms with Crippen molar-refractivity contribution in [1.82, 2.24) is 15.4 Å². The number of carbonyl (C=O) groups excluding carboxylic acids is 1. The second kappa shape index (κ2) is 4.80. The van der Waals surface area contributed by atoms with Gasteiger partial charge in [-0.25, -0.2) is 14.8 Å². The normalized spacial score (nSPS) is 13.5. The number of hydrogen-bond acceptors (Lipinski definition) is 6. The number of nitrogens with zero attached hydrogens (tertiary/aromatic N) is 3. The number of nitrogens with one attached hydrogen (secondary N) is 1. The van der Waals surface area contributed by atoms with Gasteiger partial charge in [-0.15, -0.1) is 0 Å². The Morgan fingerprint density at radius 1 is 1.30 bits per heavy atom. The molecule has 6 heteroatoms. The van der Waals surface area contributed by atoms with Gasteiger partial charge in [-0.05, 0) is 19.1 Å². The molecule has 6 nitrogen and oxygen atoms in total. The van der Waals surface area contributed by atoms with Crippen LogP contribution in [0.2, 0.25) is 0 Å². The topological polar surface area (TPSA) is 67.3 Å². The van der Waals surface area contributed by atoms with Crippen LogP contribution in [0.3, 0.4) is 0 Å². The first kappa shape index (κ1) is 12.4. The zero-order valence-corrected chi connectivity index (χ0v) is 11.3. The average Bonchev–Trinajstić information content (AvgIpc) is 2.46. The van der Waals surface area contributed by atoms with Crippen LogP contribution in [0, 0.1) is 0 Å². The van der Waals surface area contributed by atoms with Crippen LogP contribution in [-0.2, 0) is 9.53 Å². The summed E-state index contributed by atoms with van der Waals surface area (Å²) in [5, 5.41) is 1.72. The minimum absolute atomic E-state index is 0.322. The third-order valence-electron chi connectivity index (χ3n) is 3.02. The van der Waals surface area contributed by atoms with Crippen molar-refractivity contribution in [3.63, 3.8) is 0 Å². The molecule has 1 aromatic carbocycles. The molecule has 1 aliphatic rings. The molecule has 1 N–H and O–H groups in total. The highest BCUT2D eigenvalue weighted by atomic mass is 16.5. The Balaban J connectivity index is 2.17. The fourth-order valence-electron chi connectivity index (χ4n) is 2.06. The van der Waals surface area contributed by atoms with Crippen molar-refractivity contribution in [2.45, 2.75) is 6.92 Å². The number of aromatic nitrogens is 2. The monoisotopic (exact) mass is 270 g/mol. The summed E-state index contributed by atoms with van der Waals surface area (Å²) in [6.45, 7) is 2.09. The Bertz CT molecular complexity index is 711. The highest BCUT2D eigenvalue weighted by Crippen LogP contribution is 2.28. The van der Waals surface area contributed by atoms with E-state index < -0.39 is 5.97 Å². The molecule has 0 spiro atoms. The van der Waals surface area contributed by atoms with Gasteiger partial charge in [0.25, 0.3) is 0 Å². The van der Waals surface area contributed by atoms with Crippen molar-refractivity contribution in [3.05, 3.63) is 36.2 Å². The van der Waals surface area contributed by atoms with Crippen molar-refractivity contribution in [3.8, 4) is 0 Å². The summed E-state index contributed by atoms with van der Waals surface area (Å²) in [6, 6.07) is 7.55. The van der Waals surface area contributed by atoms with E-state index in [0.717, 1.165) is 11.0 Å². The lowest BCUT2D eigenvalue weighted by atomic mass is 10.1. The number of fused-ring (bicyclic) bond motifs is 2. The van der Waals surface area contributed by atoms with Gasteiger partial charge in [0.2, 0.25) is 0 Å². The highest BCUT2D eigenvalue weighted by Gasteiger charge is 2.25. The molecule has 0 saturated carbocycles. The molecule has 0 saturated heterocycles. The van der Waals surface area contributed by atoms with E-state index in [0.29, 0.717) is 23.7 Å². The van der Waals surface area contributed by atoms with E-state index in [2.05, 4.69) is 15.4 Å². The lowest BCUT2D eigenvalue weighted by molar-refractivity contribution is -0.136. The summed E-state index contributed by atoms with van der Waals surface area (Å²) < 4.78 is 5.05. The van der Waals surface area contributed by atoms with Crippen LogP contribution in [0.5, 0.6) is 0 Å². The summed E-state index contributed by atoms with van der Waals surface area (Å²) in [7, 11) is 1.82. The first-order valence-electron chi connectivity index (χ1n) is 6.35. The fourth-order valence-corrected chi connectivity index (χ4v) is 2.06. The van der Waals surface area contributed by atoms with Gasteiger partial charge in [0.1, 0.15) is 11.3 Å². The number of hydrazine groups is 1. The maximum absolute atomic E-state index is 12.0. The average molecular weight is 270 g/mol. The molecule has 102 valence electrons. The van der Waals surface area contributed by atoms with Gasteiger partial charge >= 0.3 is 5.97 Å². The number of ether oxygens (including phenoxy) is 1. The standard InChI is InChI=1S/C14H14N4O2/c1-3-20-14(19)9-8-15-18(2)13-12(9)16-10-6-4-5-7-11(10)17-13/h4-8,15H,3H2,1-2H3. The first-order valence-corrected chi connectivity index (χ1v) is 6.35. The predicted molar refractivity (Wildman–Crippen MR) is 75.7 cm³/mol. The van der Waals surface area contributed by atoms with Crippen LogP contribution in [0.1, 0.15) is 12.6 Å². The Morgan fingerprint density at radius 2 is 2.00 bits per heavy atom. The quantitative estimate of drug-likeness (QED) is 0.834. The van der Waals surface area contributed by atoms with E-state index in [4.69, 9.17) is 4.74 Å². The number of esters is 1. The zero-order chi connectivity index (χ0) is 14.1. The molecule has 20 heavy (non-hydrogen) atoms. The second-order valence-corrected chi connectivity index (χ2v) is 4.35. The largest absolute Gasteiger partial charge is 0.462 e. The Hall–Kier alpha value is -2.63. The van der Waals surface area contributed by atoms with Gasteiger partial charge < -0.3 is 10.2 Å². The van der Waals surface area contributed by atoms with Crippen LogP contribution >= 0.6 is 0 Å². The predicted octanol–water partition coefficient (Wildman–Crippen LogP) is 1.49. The number of hydrogen-bond donors (Lipinski definition) is 1. The van der Waals surface area contributed by atoms with Crippen molar-refractivity contribution >= 4 is 28.4 Å². The van der Waals surface area contributed by atoms with Gasteiger partial charge in [-0.1, -0.05) is 12.1 Å². The lowest BCUT2D eigenvalue weighted by Gasteiger charge is -2.25. The second-order valence-electron chi connectivity index (χ2n) is 4.35. The van der Waals surface area contributed by atoms with Gasteiger partial charge in [-0.2, -0.15) is 0 Å². The van der Waals surface area contributed by atoms with E-state index in [9.17, 15) is 4.79 Å². The minimum atomic E-state index is -0.404. The lowest BCUT2D eigenvalue weighted by Crippen LogP contribution is -2.36. The van der Waals surface area contributed by atoms with Crippen LogP contribution in [0.25, 0.3) is 16.6 Å². The zero-order valence-electron chi connectivity index (χ0n) is 11.3. The maximum Gasteiger partial charge on any atom is 0.342 e. The number of carbonyl (C=O) groups is 1. The maximum atomic E-state index is 12.0. The van der Waals surface area contributed by atoms with E-state index >= 15 is 0 Å². The van der Waals surface area contributed by atoms with Crippen molar-refractivity contribution in [2.75, 3.05) is 18.7 Å². The summed E-state index contributed by atoms with van der Waals surface area (Å²) in [5.74, 6) is 0.202. The number of rotatable bonds is 2. The van der Waals surface area contributed by atoms with Gasteiger partial charge in [-0.3, -0.25) is 5.01 Å². The Kier molecular flexibility index (Phi) is 2.98. The third-order valence-corrected chi connectivity index (χ3v) is 3.02. The molecule has 0 fully saturated rings. The molecule has 0 atom stereocenters. The van der Waals surface area contributed by atoms with E-state index in [1.165, 1.54) is 0 Å². The smallest absolute Gasteiger partial charge is 0.342 e. The molecule has 0 amide bonds. The van der Waals surface area contributed by atoms with Gasteiger partial charge in [0.15, 0.2) is 5.82 Å². The van der Waals surface area contributed by atoms with Crippen LogP contribution in [-0.4, -0.2) is 29.6 Å². The molecule has 0 aliphatic carbocycles. The van der Waals surface area contributed by atoms with Gasteiger partial charge in [0, 0.05) is 13.2 Å². The molecule has 0 bridgehead atoms. The molecule has 1 aromatic heterocycles. The number of anilines is 1. The van der Waals surface area contributed by atoms with Crippen molar-refractivity contribution in [1.29, 1.82) is 0 Å². The molecular formula is C14H14N4O2. The summed E-state index contributed by atoms with van der Waals surface area (Å²) in [6.07, 6.45) is 1.59. The minimum Gasteiger partial charge on any atom is -0.462 e. The molecule has 3 rings (SSSR count). The van der Waals surface area contributed by atoms with Gasteiger partial charge in [0.05, 0.1) is 17.6 Å². The Morgan fingerprint density at radius 3 is 2.70 bits per heavy atom. The van der Waals surface area contributed by atoms with Crippen molar-refractivity contribution in [2.24, 2.45) is 0 Å².